The van der Waals surface area contributed by atoms with E-state index in [-0.39, 0.29) is 6.04 Å². The molecule has 3 heteroatoms. The number of benzene rings is 1. The molecule has 2 rings (SSSR count). The lowest BCUT2D eigenvalue weighted by Crippen LogP contribution is -2.21. The normalized spacial score (nSPS) is 13.1. The number of furan rings is 1. The molecule has 0 aliphatic heterocycles. The monoisotopic (exact) mass is 233 g/mol. The van der Waals surface area contributed by atoms with E-state index >= 15 is 0 Å². The SMILES string of the molecule is CCOCC(NC)c1cc2cc(C)ccc2o1. The van der Waals surface area contributed by atoms with E-state index in [9.17, 15) is 0 Å². The minimum absolute atomic E-state index is 0.114. The lowest BCUT2D eigenvalue weighted by molar-refractivity contribution is 0.119. The molecule has 0 spiro atoms. The third kappa shape index (κ3) is 2.68. The highest BCUT2D eigenvalue weighted by Crippen LogP contribution is 2.24. The van der Waals surface area contributed by atoms with Crippen LogP contribution in [0, 0.1) is 6.92 Å². The predicted octanol–water partition coefficient (Wildman–Crippen LogP) is 3.04. The van der Waals surface area contributed by atoms with E-state index in [1.807, 2.05) is 20.0 Å². The largest absolute Gasteiger partial charge is 0.459 e. The summed E-state index contributed by atoms with van der Waals surface area (Å²) >= 11 is 0. The number of hydrogen-bond acceptors (Lipinski definition) is 3. The molecule has 0 saturated carbocycles. The molecule has 0 bridgehead atoms. The molecule has 3 nitrogen and oxygen atoms in total. The Hall–Kier alpha value is -1.32. The van der Waals surface area contributed by atoms with E-state index in [4.69, 9.17) is 9.15 Å². The van der Waals surface area contributed by atoms with Crippen molar-refractivity contribution in [3.05, 3.63) is 35.6 Å². The molecule has 1 aromatic heterocycles. The van der Waals surface area contributed by atoms with Crippen LogP contribution in [-0.4, -0.2) is 20.3 Å². The molecule has 1 heterocycles. The summed E-state index contributed by atoms with van der Waals surface area (Å²) < 4.78 is 11.3. The number of rotatable bonds is 5. The predicted molar refractivity (Wildman–Crippen MR) is 69.2 cm³/mol. The van der Waals surface area contributed by atoms with E-state index in [1.165, 1.54) is 5.56 Å². The van der Waals surface area contributed by atoms with Gasteiger partial charge < -0.3 is 14.5 Å². The molecule has 0 radical (unpaired) electrons. The van der Waals surface area contributed by atoms with Gasteiger partial charge in [0, 0.05) is 12.0 Å². The Kier molecular flexibility index (Phi) is 3.82. The van der Waals surface area contributed by atoms with Crippen molar-refractivity contribution in [3.8, 4) is 0 Å². The van der Waals surface area contributed by atoms with E-state index < -0.39 is 0 Å². The van der Waals surface area contributed by atoms with Gasteiger partial charge in [0.1, 0.15) is 11.3 Å². The summed E-state index contributed by atoms with van der Waals surface area (Å²) in [5, 5.41) is 4.36. The van der Waals surface area contributed by atoms with Gasteiger partial charge in [-0.25, -0.2) is 0 Å². The summed E-state index contributed by atoms with van der Waals surface area (Å²) in [6, 6.07) is 8.41. The summed E-state index contributed by atoms with van der Waals surface area (Å²) in [5.74, 6) is 0.932. The van der Waals surface area contributed by atoms with Gasteiger partial charge in [-0.2, -0.15) is 0 Å². The lowest BCUT2D eigenvalue weighted by Gasteiger charge is -2.12. The average Bonchev–Trinajstić information content (AvgIpc) is 2.72. The molecule has 2 aromatic rings. The van der Waals surface area contributed by atoms with Crippen molar-refractivity contribution in [2.75, 3.05) is 20.3 Å². The maximum absolute atomic E-state index is 5.83. The van der Waals surface area contributed by atoms with Gasteiger partial charge in [0.25, 0.3) is 0 Å². The third-order valence-electron chi connectivity index (χ3n) is 2.87. The second-order valence-corrected chi connectivity index (χ2v) is 4.19. The molecule has 0 amide bonds. The third-order valence-corrected chi connectivity index (χ3v) is 2.87. The highest BCUT2D eigenvalue weighted by molar-refractivity contribution is 5.78. The summed E-state index contributed by atoms with van der Waals surface area (Å²) in [4.78, 5) is 0. The fourth-order valence-electron chi connectivity index (χ4n) is 1.90. The first-order valence-electron chi connectivity index (χ1n) is 5.99. The maximum Gasteiger partial charge on any atom is 0.134 e. The second-order valence-electron chi connectivity index (χ2n) is 4.19. The van der Waals surface area contributed by atoms with Crippen molar-refractivity contribution < 1.29 is 9.15 Å². The Morgan fingerprint density at radius 2 is 2.18 bits per heavy atom. The van der Waals surface area contributed by atoms with Crippen LogP contribution in [0.4, 0.5) is 0 Å². The molecule has 17 heavy (non-hydrogen) atoms. The molecule has 0 aliphatic carbocycles. The van der Waals surface area contributed by atoms with Crippen molar-refractivity contribution in [3.63, 3.8) is 0 Å². The van der Waals surface area contributed by atoms with Gasteiger partial charge in [-0.15, -0.1) is 0 Å². The molecular formula is C14H19NO2. The van der Waals surface area contributed by atoms with Gasteiger partial charge in [0.2, 0.25) is 0 Å². The Bertz CT molecular complexity index is 490. The number of nitrogens with one attached hydrogen (secondary N) is 1. The van der Waals surface area contributed by atoms with Crippen LogP contribution >= 0.6 is 0 Å². The van der Waals surface area contributed by atoms with Crippen LogP contribution in [-0.2, 0) is 4.74 Å². The van der Waals surface area contributed by atoms with Gasteiger partial charge in [-0.05, 0) is 39.1 Å². The number of hydrogen-bond donors (Lipinski definition) is 1. The molecule has 92 valence electrons. The summed E-state index contributed by atoms with van der Waals surface area (Å²) in [7, 11) is 1.92. The molecule has 0 fully saturated rings. The Balaban J connectivity index is 2.27. The minimum atomic E-state index is 0.114. The van der Waals surface area contributed by atoms with E-state index in [0.717, 1.165) is 23.3 Å². The zero-order chi connectivity index (χ0) is 12.3. The van der Waals surface area contributed by atoms with Crippen molar-refractivity contribution in [2.24, 2.45) is 0 Å². The van der Waals surface area contributed by atoms with Crippen molar-refractivity contribution in [2.45, 2.75) is 19.9 Å². The molecular weight excluding hydrogens is 214 g/mol. The number of ether oxygens (including phenoxy) is 1. The van der Waals surface area contributed by atoms with Gasteiger partial charge in [0.05, 0.1) is 12.6 Å². The summed E-state index contributed by atoms with van der Waals surface area (Å²) in [6.07, 6.45) is 0. The van der Waals surface area contributed by atoms with Gasteiger partial charge in [-0.1, -0.05) is 11.6 Å². The average molecular weight is 233 g/mol. The van der Waals surface area contributed by atoms with E-state index in [2.05, 4.69) is 30.4 Å². The summed E-state index contributed by atoms with van der Waals surface area (Å²) in [5.41, 5.74) is 2.18. The Labute approximate surface area is 102 Å². The van der Waals surface area contributed by atoms with Crippen molar-refractivity contribution in [1.29, 1.82) is 0 Å². The van der Waals surface area contributed by atoms with Crippen molar-refractivity contribution >= 4 is 11.0 Å². The number of fused-ring (bicyclic) bond motifs is 1. The van der Waals surface area contributed by atoms with Crippen molar-refractivity contribution in [1.82, 2.24) is 5.32 Å². The van der Waals surface area contributed by atoms with Crippen LogP contribution in [0.5, 0.6) is 0 Å². The number of likely N-dealkylation sites (N-methyl/N-ethyl adjacent to an activating group) is 1. The van der Waals surface area contributed by atoms with Gasteiger partial charge in [-0.3, -0.25) is 0 Å². The molecule has 1 aromatic carbocycles. The van der Waals surface area contributed by atoms with Crippen LogP contribution < -0.4 is 5.32 Å². The minimum Gasteiger partial charge on any atom is -0.459 e. The van der Waals surface area contributed by atoms with Crippen LogP contribution in [0.3, 0.4) is 0 Å². The highest BCUT2D eigenvalue weighted by atomic mass is 16.5. The topological polar surface area (TPSA) is 34.4 Å². The standard InChI is InChI=1S/C14H19NO2/c1-4-16-9-12(15-3)14-8-11-7-10(2)5-6-13(11)17-14/h5-8,12,15H,4,9H2,1-3H3. The molecule has 1 unspecified atom stereocenters. The molecule has 1 atom stereocenters. The highest BCUT2D eigenvalue weighted by Gasteiger charge is 2.14. The first-order chi connectivity index (χ1) is 8.24. The number of aryl methyl sites for hydroxylation is 1. The first kappa shape index (κ1) is 12.1. The van der Waals surface area contributed by atoms with E-state index in [0.29, 0.717) is 6.61 Å². The van der Waals surface area contributed by atoms with Crippen LogP contribution in [0.25, 0.3) is 11.0 Å². The fraction of sp³-hybridized carbons (Fsp3) is 0.429. The fourth-order valence-corrected chi connectivity index (χ4v) is 1.90. The maximum atomic E-state index is 5.83. The summed E-state index contributed by atoms with van der Waals surface area (Å²) in [6.45, 7) is 5.43. The zero-order valence-electron chi connectivity index (χ0n) is 10.6. The smallest absolute Gasteiger partial charge is 0.134 e. The molecule has 0 aliphatic rings. The van der Waals surface area contributed by atoms with Gasteiger partial charge in [0.15, 0.2) is 0 Å². The zero-order valence-corrected chi connectivity index (χ0v) is 10.6. The van der Waals surface area contributed by atoms with Crippen LogP contribution in [0.2, 0.25) is 0 Å². The lowest BCUT2D eigenvalue weighted by atomic mass is 10.1. The van der Waals surface area contributed by atoms with Gasteiger partial charge >= 0.3 is 0 Å². The Morgan fingerprint density at radius 3 is 2.88 bits per heavy atom. The Morgan fingerprint density at radius 1 is 1.35 bits per heavy atom. The van der Waals surface area contributed by atoms with E-state index in [1.54, 1.807) is 0 Å². The quantitative estimate of drug-likeness (QED) is 0.862. The van der Waals surface area contributed by atoms with Crippen LogP contribution in [0.15, 0.2) is 28.7 Å². The first-order valence-corrected chi connectivity index (χ1v) is 5.99. The van der Waals surface area contributed by atoms with Crippen LogP contribution in [0.1, 0.15) is 24.3 Å². The second kappa shape index (κ2) is 5.34. The molecule has 0 saturated heterocycles. The molecule has 1 N–H and O–H groups in total.